The van der Waals surface area contributed by atoms with Gasteiger partial charge in [-0.05, 0) is 61.6 Å². The lowest BCUT2D eigenvalue weighted by atomic mass is 10.1. The summed E-state index contributed by atoms with van der Waals surface area (Å²) in [7, 11) is 3.15. The number of hydrogen-bond donors (Lipinski definition) is 1. The van der Waals surface area contributed by atoms with Crippen LogP contribution in [-0.4, -0.2) is 36.2 Å². The van der Waals surface area contributed by atoms with Crippen LogP contribution in [0.4, 0.5) is 0 Å². The van der Waals surface area contributed by atoms with Crippen molar-refractivity contribution in [2.45, 2.75) is 45.1 Å². The van der Waals surface area contributed by atoms with Gasteiger partial charge in [0.2, 0.25) is 0 Å². The van der Waals surface area contributed by atoms with E-state index in [0.29, 0.717) is 23.6 Å². The van der Waals surface area contributed by atoms with Crippen molar-refractivity contribution in [2.24, 2.45) is 0 Å². The van der Waals surface area contributed by atoms with Crippen molar-refractivity contribution >= 4 is 16.9 Å². The second-order valence-corrected chi connectivity index (χ2v) is 8.89. The van der Waals surface area contributed by atoms with Crippen LogP contribution in [0.1, 0.15) is 47.4 Å². The quantitative estimate of drug-likeness (QED) is 0.242. The SMILES string of the molecule is COc1ccc(C(=O)NCCCCCc2nc3ccccc3n2CCCc2ccccc2)cc1OC. The van der Waals surface area contributed by atoms with E-state index in [1.54, 1.807) is 32.4 Å². The number of carbonyl (C=O) groups excluding carboxylic acids is 1. The zero-order valence-electron chi connectivity index (χ0n) is 21.2. The summed E-state index contributed by atoms with van der Waals surface area (Å²) in [6.07, 6.45) is 6.07. The minimum atomic E-state index is -0.101. The van der Waals surface area contributed by atoms with Gasteiger partial charge in [0, 0.05) is 25.1 Å². The molecule has 0 saturated carbocycles. The molecule has 1 N–H and O–H groups in total. The highest BCUT2D eigenvalue weighted by molar-refractivity contribution is 5.94. The van der Waals surface area contributed by atoms with Crippen molar-refractivity contribution < 1.29 is 14.3 Å². The maximum Gasteiger partial charge on any atom is 0.251 e. The molecule has 4 aromatic rings. The Hall–Kier alpha value is -3.80. The predicted octanol–water partition coefficient (Wildman–Crippen LogP) is 5.83. The number of methoxy groups -OCH3 is 2. The number of fused-ring (bicyclic) bond motifs is 1. The molecular weight excluding hydrogens is 450 g/mol. The van der Waals surface area contributed by atoms with E-state index in [1.807, 2.05) is 0 Å². The highest BCUT2D eigenvalue weighted by atomic mass is 16.5. The molecule has 6 heteroatoms. The van der Waals surface area contributed by atoms with Crippen molar-refractivity contribution in [3.8, 4) is 11.5 Å². The Bertz CT molecular complexity index is 1270. The van der Waals surface area contributed by atoms with E-state index in [2.05, 4.69) is 64.5 Å². The number of benzene rings is 3. The number of nitrogens with zero attached hydrogens (tertiary/aromatic N) is 2. The molecule has 0 spiro atoms. The molecule has 0 bridgehead atoms. The normalized spacial score (nSPS) is 10.9. The van der Waals surface area contributed by atoms with E-state index < -0.39 is 0 Å². The van der Waals surface area contributed by atoms with Crippen LogP contribution in [0.3, 0.4) is 0 Å². The standard InChI is InChI=1S/C30H35N3O3/c1-35-27-19-18-24(22-28(27)36-2)30(34)31-20-10-4-7-17-29-32-25-15-8-9-16-26(25)33(29)21-11-14-23-12-5-3-6-13-23/h3,5-6,8-9,12-13,15-16,18-19,22H,4,7,10-11,14,17,20-21H2,1-2H3,(H,31,34). The van der Waals surface area contributed by atoms with E-state index in [4.69, 9.17) is 14.5 Å². The van der Waals surface area contributed by atoms with Gasteiger partial charge >= 0.3 is 0 Å². The van der Waals surface area contributed by atoms with Crippen LogP contribution in [0.15, 0.2) is 72.8 Å². The van der Waals surface area contributed by atoms with Crippen molar-refractivity contribution in [3.63, 3.8) is 0 Å². The molecule has 188 valence electrons. The van der Waals surface area contributed by atoms with E-state index in [-0.39, 0.29) is 5.91 Å². The lowest BCUT2D eigenvalue weighted by Crippen LogP contribution is -2.24. The van der Waals surface area contributed by atoms with Crippen LogP contribution in [0.25, 0.3) is 11.0 Å². The maximum atomic E-state index is 12.5. The van der Waals surface area contributed by atoms with Gasteiger partial charge < -0.3 is 19.4 Å². The first kappa shape index (κ1) is 25.3. The van der Waals surface area contributed by atoms with Gasteiger partial charge in [0.25, 0.3) is 5.91 Å². The number of aryl methyl sites for hydroxylation is 3. The smallest absolute Gasteiger partial charge is 0.251 e. The lowest BCUT2D eigenvalue weighted by Gasteiger charge is -2.11. The van der Waals surface area contributed by atoms with E-state index >= 15 is 0 Å². The molecule has 0 fully saturated rings. The monoisotopic (exact) mass is 485 g/mol. The van der Waals surface area contributed by atoms with Gasteiger partial charge in [-0.3, -0.25) is 4.79 Å². The van der Waals surface area contributed by atoms with Gasteiger partial charge in [-0.1, -0.05) is 48.9 Å². The average molecular weight is 486 g/mol. The summed E-state index contributed by atoms with van der Waals surface area (Å²) in [4.78, 5) is 17.4. The van der Waals surface area contributed by atoms with E-state index in [1.165, 1.54) is 11.1 Å². The maximum absolute atomic E-state index is 12.5. The summed E-state index contributed by atoms with van der Waals surface area (Å²) in [5, 5.41) is 3.01. The van der Waals surface area contributed by atoms with Gasteiger partial charge in [-0.2, -0.15) is 0 Å². The molecule has 36 heavy (non-hydrogen) atoms. The molecule has 0 aliphatic carbocycles. The number of rotatable bonds is 13. The molecule has 1 heterocycles. The van der Waals surface area contributed by atoms with Gasteiger partial charge in [-0.15, -0.1) is 0 Å². The Morgan fingerprint density at radius 1 is 0.833 bits per heavy atom. The minimum absolute atomic E-state index is 0.101. The Kier molecular flexibility index (Phi) is 8.98. The zero-order valence-corrected chi connectivity index (χ0v) is 21.2. The number of para-hydroxylation sites is 2. The number of amides is 1. The largest absolute Gasteiger partial charge is 0.493 e. The van der Waals surface area contributed by atoms with Crippen molar-refractivity contribution in [1.29, 1.82) is 0 Å². The molecule has 0 aliphatic rings. The Balaban J connectivity index is 1.25. The summed E-state index contributed by atoms with van der Waals surface area (Å²) < 4.78 is 12.9. The Labute approximate surface area is 213 Å². The summed E-state index contributed by atoms with van der Waals surface area (Å²) >= 11 is 0. The summed E-state index contributed by atoms with van der Waals surface area (Å²) in [5.41, 5.74) is 4.22. The minimum Gasteiger partial charge on any atom is -0.493 e. The molecule has 6 nitrogen and oxygen atoms in total. The number of imidazole rings is 1. The van der Waals surface area contributed by atoms with Gasteiger partial charge in [0.1, 0.15) is 5.82 Å². The van der Waals surface area contributed by atoms with Gasteiger partial charge in [0.05, 0.1) is 25.3 Å². The molecule has 1 aromatic heterocycles. The molecule has 1 amide bonds. The molecule has 3 aromatic carbocycles. The van der Waals surface area contributed by atoms with Crippen molar-refractivity contribution in [1.82, 2.24) is 14.9 Å². The molecule has 0 unspecified atom stereocenters. The van der Waals surface area contributed by atoms with Crippen LogP contribution in [0.2, 0.25) is 0 Å². The molecule has 0 saturated heterocycles. The topological polar surface area (TPSA) is 65.4 Å². The Morgan fingerprint density at radius 3 is 2.42 bits per heavy atom. The first-order valence-electron chi connectivity index (χ1n) is 12.7. The predicted molar refractivity (Wildman–Crippen MR) is 144 cm³/mol. The third-order valence-corrected chi connectivity index (χ3v) is 6.43. The number of aromatic nitrogens is 2. The summed E-state index contributed by atoms with van der Waals surface area (Å²) in [6, 6.07) is 24.2. The number of carbonyl (C=O) groups is 1. The second kappa shape index (κ2) is 12.8. The fraction of sp³-hybridized carbons (Fsp3) is 0.333. The molecule has 0 atom stereocenters. The van der Waals surface area contributed by atoms with E-state index in [9.17, 15) is 4.79 Å². The Morgan fingerprint density at radius 2 is 1.61 bits per heavy atom. The molecule has 0 aliphatic heterocycles. The first-order valence-corrected chi connectivity index (χ1v) is 12.7. The van der Waals surface area contributed by atoms with Crippen LogP contribution >= 0.6 is 0 Å². The number of ether oxygens (including phenoxy) is 2. The second-order valence-electron chi connectivity index (χ2n) is 8.89. The van der Waals surface area contributed by atoms with Crippen LogP contribution < -0.4 is 14.8 Å². The first-order chi connectivity index (χ1) is 17.7. The van der Waals surface area contributed by atoms with Gasteiger partial charge in [0.15, 0.2) is 11.5 Å². The average Bonchev–Trinajstić information content (AvgIpc) is 3.27. The number of nitrogens with one attached hydrogen (secondary N) is 1. The van der Waals surface area contributed by atoms with E-state index in [0.717, 1.165) is 56.4 Å². The van der Waals surface area contributed by atoms with Crippen LogP contribution in [-0.2, 0) is 19.4 Å². The van der Waals surface area contributed by atoms with Crippen LogP contribution in [0.5, 0.6) is 11.5 Å². The summed E-state index contributed by atoms with van der Waals surface area (Å²) in [5.74, 6) is 2.21. The highest BCUT2D eigenvalue weighted by Gasteiger charge is 2.12. The zero-order chi connectivity index (χ0) is 25.2. The third kappa shape index (κ3) is 6.45. The van der Waals surface area contributed by atoms with Crippen molar-refractivity contribution in [3.05, 3.63) is 89.7 Å². The number of hydrogen-bond acceptors (Lipinski definition) is 4. The fourth-order valence-corrected chi connectivity index (χ4v) is 4.52. The highest BCUT2D eigenvalue weighted by Crippen LogP contribution is 2.27. The molecular formula is C30H35N3O3. The lowest BCUT2D eigenvalue weighted by molar-refractivity contribution is 0.0952. The fourth-order valence-electron chi connectivity index (χ4n) is 4.52. The number of unbranched alkanes of at least 4 members (excludes halogenated alkanes) is 2. The summed E-state index contributed by atoms with van der Waals surface area (Å²) in [6.45, 7) is 1.60. The molecule has 0 radical (unpaired) electrons. The molecule has 4 rings (SSSR count). The third-order valence-electron chi connectivity index (χ3n) is 6.43. The van der Waals surface area contributed by atoms with Crippen molar-refractivity contribution in [2.75, 3.05) is 20.8 Å². The van der Waals surface area contributed by atoms with Crippen LogP contribution in [0, 0.1) is 0 Å². The van der Waals surface area contributed by atoms with Gasteiger partial charge in [-0.25, -0.2) is 4.98 Å².